The second-order valence-corrected chi connectivity index (χ2v) is 7.66. The fourth-order valence-corrected chi connectivity index (χ4v) is 3.52. The average Bonchev–Trinajstić information content (AvgIpc) is 2.33. The molecule has 0 radical (unpaired) electrons. The van der Waals surface area contributed by atoms with Gasteiger partial charge in [0, 0.05) is 30.7 Å². The number of nitrogens with zero attached hydrogens (tertiary/aromatic N) is 1. The summed E-state index contributed by atoms with van der Waals surface area (Å²) in [5, 5.41) is 31.7. The van der Waals surface area contributed by atoms with Crippen LogP contribution < -0.4 is 5.32 Å². The van der Waals surface area contributed by atoms with Crippen molar-refractivity contribution in [2.75, 3.05) is 39.5 Å². The Bertz CT molecular complexity index is 301. The minimum Gasteiger partial charge on any atom is -0.395 e. The molecular weight excluding hydrogens is 284 g/mol. The molecule has 0 spiro atoms. The van der Waals surface area contributed by atoms with Crippen molar-refractivity contribution in [1.29, 1.82) is 0 Å². The second-order valence-electron chi connectivity index (χ2n) is 7.66. The van der Waals surface area contributed by atoms with Gasteiger partial charge in [0.15, 0.2) is 0 Å². The molecule has 6 nitrogen and oxygen atoms in total. The van der Waals surface area contributed by atoms with E-state index in [1.54, 1.807) is 0 Å². The van der Waals surface area contributed by atoms with Crippen molar-refractivity contribution in [3.8, 4) is 0 Å². The number of ether oxygens (including phenoxy) is 1. The normalized spacial score (nSPS) is 22.9. The third kappa shape index (κ3) is 7.35. The van der Waals surface area contributed by atoms with E-state index in [1.165, 1.54) is 0 Å². The molecule has 6 heteroatoms. The monoisotopic (exact) mass is 318 g/mol. The van der Waals surface area contributed by atoms with Gasteiger partial charge in [-0.05, 0) is 40.5 Å². The van der Waals surface area contributed by atoms with Gasteiger partial charge in [-0.15, -0.1) is 0 Å². The van der Waals surface area contributed by atoms with Gasteiger partial charge in [-0.3, -0.25) is 4.90 Å². The first-order chi connectivity index (χ1) is 10.2. The number of aliphatic hydroxyl groups is 3. The zero-order chi connectivity index (χ0) is 16.8. The molecule has 0 aromatic heterocycles. The van der Waals surface area contributed by atoms with Crippen LogP contribution in [0.4, 0.5) is 0 Å². The number of aliphatic hydroxyl groups excluding tert-OH is 3. The van der Waals surface area contributed by atoms with Crippen molar-refractivity contribution in [3.63, 3.8) is 0 Å². The summed E-state index contributed by atoms with van der Waals surface area (Å²) in [6.07, 6.45) is 1.35. The van der Waals surface area contributed by atoms with E-state index in [0.29, 0.717) is 19.6 Å². The molecule has 1 heterocycles. The summed E-state index contributed by atoms with van der Waals surface area (Å²) in [5.74, 6) is 0. The Morgan fingerprint density at radius 2 is 1.59 bits per heavy atom. The molecule has 0 aromatic carbocycles. The number of piperidine rings is 1. The topological polar surface area (TPSA) is 85.2 Å². The largest absolute Gasteiger partial charge is 0.395 e. The minimum atomic E-state index is -0.612. The molecule has 1 unspecified atom stereocenters. The Morgan fingerprint density at radius 1 is 1.09 bits per heavy atom. The maximum atomic E-state index is 10.1. The van der Waals surface area contributed by atoms with Gasteiger partial charge in [-0.1, -0.05) is 0 Å². The van der Waals surface area contributed by atoms with Gasteiger partial charge in [0.2, 0.25) is 0 Å². The lowest BCUT2D eigenvalue weighted by molar-refractivity contribution is -0.0614. The van der Waals surface area contributed by atoms with E-state index in [9.17, 15) is 5.11 Å². The molecule has 0 aromatic rings. The number of hydrogen-bond donors (Lipinski definition) is 4. The van der Waals surface area contributed by atoms with Crippen LogP contribution in [0, 0.1) is 0 Å². The van der Waals surface area contributed by atoms with Crippen LogP contribution in [-0.2, 0) is 4.74 Å². The summed E-state index contributed by atoms with van der Waals surface area (Å²) in [6, 6.07) is 0. The maximum Gasteiger partial charge on any atom is 0.0900 e. The van der Waals surface area contributed by atoms with E-state index in [4.69, 9.17) is 14.9 Å². The zero-order valence-electron chi connectivity index (χ0n) is 14.5. The molecule has 0 saturated carbocycles. The van der Waals surface area contributed by atoms with Crippen molar-refractivity contribution < 1.29 is 20.1 Å². The fourth-order valence-electron chi connectivity index (χ4n) is 3.52. The molecule has 132 valence electrons. The van der Waals surface area contributed by atoms with Crippen molar-refractivity contribution in [1.82, 2.24) is 10.2 Å². The highest BCUT2D eigenvalue weighted by Gasteiger charge is 2.38. The molecule has 22 heavy (non-hydrogen) atoms. The van der Waals surface area contributed by atoms with Gasteiger partial charge in [-0.2, -0.15) is 0 Å². The third-order valence-corrected chi connectivity index (χ3v) is 3.98. The Hall–Kier alpha value is -0.240. The lowest BCUT2D eigenvalue weighted by Crippen LogP contribution is -2.59. The summed E-state index contributed by atoms with van der Waals surface area (Å²) < 4.78 is 5.93. The van der Waals surface area contributed by atoms with Gasteiger partial charge in [0.25, 0.3) is 0 Å². The van der Waals surface area contributed by atoms with Gasteiger partial charge in [0.1, 0.15) is 0 Å². The maximum absolute atomic E-state index is 10.1. The van der Waals surface area contributed by atoms with E-state index < -0.39 is 6.10 Å². The highest BCUT2D eigenvalue weighted by Crippen LogP contribution is 2.30. The third-order valence-electron chi connectivity index (χ3n) is 3.98. The molecule has 0 aliphatic carbocycles. The van der Waals surface area contributed by atoms with Crippen LogP contribution in [-0.4, -0.2) is 83.0 Å². The van der Waals surface area contributed by atoms with Crippen molar-refractivity contribution >= 4 is 0 Å². The van der Waals surface area contributed by atoms with Gasteiger partial charge in [0.05, 0.1) is 32.0 Å². The summed E-state index contributed by atoms with van der Waals surface area (Å²) >= 11 is 0. The molecule has 1 rings (SSSR count). The minimum absolute atomic E-state index is 0.0181. The summed E-state index contributed by atoms with van der Waals surface area (Å²) in [6.45, 7) is 10.3. The van der Waals surface area contributed by atoms with Gasteiger partial charge >= 0.3 is 0 Å². The van der Waals surface area contributed by atoms with Gasteiger partial charge in [-0.25, -0.2) is 0 Å². The lowest BCUT2D eigenvalue weighted by atomic mass is 9.81. The van der Waals surface area contributed by atoms with Gasteiger partial charge < -0.3 is 25.4 Å². The Balaban J connectivity index is 2.40. The first kappa shape index (κ1) is 19.8. The number of rotatable bonds is 9. The van der Waals surface area contributed by atoms with E-state index in [-0.39, 0.29) is 37.0 Å². The Kier molecular flexibility index (Phi) is 7.71. The molecule has 1 atom stereocenters. The molecule has 1 saturated heterocycles. The highest BCUT2D eigenvalue weighted by atomic mass is 16.5. The summed E-state index contributed by atoms with van der Waals surface area (Å²) in [4.78, 5) is 1.84. The molecule has 1 fully saturated rings. The second kappa shape index (κ2) is 8.57. The number of nitrogens with one attached hydrogen (secondary N) is 1. The van der Waals surface area contributed by atoms with E-state index >= 15 is 0 Å². The van der Waals surface area contributed by atoms with Crippen molar-refractivity contribution in [2.45, 2.75) is 63.8 Å². The van der Waals surface area contributed by atoms with E-state index in [2.05, 4.69) is 33.0 Å². The fraction of sp³-hybridized carbons (Fsp3) is 1.00. The molecule has 0 bridgehead atoms. The summed E-state index contributed by atoms with van der Waals surface area (Å²) in [5.41, 5.74) is 0.0500. The molecule has 1 aliphatic rings. The first-order valence-electron chi connectivity index (χ1n) is 8.20. The van der Waals surface area contributed by atoms with Crippen molar-refractivity contribution in [2.24, 2.45) is 0 Å². The van der Waals surface area contributed by atoms with E-state index in [1.807, 2.05) is 4.90 Å². The highest BCUT2D eigenvalue weighted by molar-refractivity contribution is 4.97. The smallest absolute Gasteiger partial charge is 0.0900 e. The van der Waals surface area contributed by atoms with Crippen LogP contribution in [0.5, 0.6) is 0 Å². The molecular formula is C16H34N2O4. The lowest BCUT2D eigenvalue weighted by Gasteiger charge is -2.46. The zero-order valence-corrected chi connectivity index (χ0v) is 14.5. The van der Waals surface area contributed by atoms with Crippen LogP contribution in [0.2, 0.25) is 0 Å². The predicted molar refractivity (Wildman–Crippen MR) is 86.9 cm³/mol. The van der Waals surface area contributed by atoms with Crippen LogP contribution in [0.15, 0.2) is 0 Å². The Morgan fingerprint density at radius 3 is 2.05 bits per heavy atom. The van der Waals surface area contributed by atoms with Crippen LogP contribution >= 0.6 is 0 Å². The number of hydrogen-bond acceptors (Lipinski definition) is 6. The predicted octanol–water partition coefficient (Wildman–Crippen LogP) is -0.0403. The average molecular weight is 318 g/mol. The first-order valence-corrected chi connectivity index (χ1v) is 8.20. The molecule has 0 amide bonds. The van der Waals surface area contributed by atoms with Crippen LogP contribution in [0.1, 0.15) is 40.5 Å². The summed E-state index contributed by atoms with van der Waals surface area (Å²) in [7, 11) is 0. The van der Waals surface area contributed by atoms with E-state index in [0.717, 1.165) is 12.8 Å². The standard InChI is InChI=1S/C16H34N2O4/c1-15(2)9-14(10-16(3,4)17-15)22-12-13(21)11-18(5-7-19)6-8-20/h13-14,17,19-21H,5-12H2,1-4H3. The SMILES string of the molecule is CC1(C)CC(OCC(O)CN(CCO)CCO)CC(C)(C)N1. The quantitative estimate of drug-likeness (QED) is 0.477. The van der Waals surface area contributed by atoms with Crippen LogP contribution in [0.3, 0.4) is 0 Å². The van der Waals surface area contributed by atoms with Crippen molar-refractivity contribution in [3.05, 3.63) is 0 Å². The Labute approximate surface area is 134 Å². The van der Waals surface area contributed by atoms with Crippen LogP contribution in [0.25, 0.3) is 0 Å². The molecule has 1 aliphatic heterocycles. The molecule has 4 N–H and O–H groups in total.